The maximum Gasteiger partial charge on any atom is 0.0661 e. The van der Waals surface area contributed by atoms with Crippen molar-refractivity contribution >= 4 is 21.4 Å². The molecular weight excluding hydrogens is 242 g/mol. The molecule has 1 unspecified atom stereocenters. The quantitative estimate of drug-likeness (QED) is 0.763. The summed E-state index contributed by atoms with van der Waals surface area (Å²) in [6.45, 7) is 6.83. The number of rotatable bonds is 7. The first kappa shape index (κ1) is 13.5. The molecule has 2 nitrogen and oxygen atoms in total. The second-order valence-electron chi connectivity index (χ2n) is 4.37. The Kier molecular flexibility index (Phi) is 5.17. The zero-order chi connectivity index (χ0) is 12.8. The van der Waals surface area contributed by atoms with E-state index in [4.69, 9.17) is 4.74 Å². The molecule has 18 heavy (non-hydrogen) atoms. The molecule has 1 aromatic carbocycles. The van der Waals surface area contributed by atoms with Crippen LogP contribution in [-0.2, 0) is 4.74 Å². The van der Waals surface area contributed by atoms with Gasteiger partial charge in [0.2, 0.25) is 0 Å². The van der Waals surface area contributed by atoms with Gasteiger partial charge in [0, 0.05) is 11.3 Å². The van der Waals surface area contributed by atoms with Crippen LogP contribution in [0.4, 0.5) is 0 Å². The number of benzene rings is 1. The molecule has 0 bridgehead atoms. The van der Waals surface area contributed by atoms with Crippen LogP contribution in [0, 0.1) is 0 Å². The number of likely N-dealkylation sites (N-methyl/N-ethyl adjacent to an activating group) is 1. The van der Waals surface area contributed by atoms with Crippen LogP contribution in [0.25, 0.3) is 10.1 Å². The molecule has 0 fully saturated rings. The van der Waals surface area contributed by atoms with E-state index in [2.05, 4.69) is 48.8 Å². The fourth-order valence-corrected chi connectivity index (χ4v) is 3.11. The smallest absolute Gasteiger partial charge is 0.0661 e. The Morgan fingerprint density at radius 1 is 1.28 bits per heavy atom. The van der Waals surface area contributed by atoms with Gasteiger partial charge in [0.15, 0.2) is 0 Å². The Balaban J connectivity index is 2.20. The molecule has 1 atom stereocenters. The summed E-state index contributed by atoms with van der Waals surface area (Å²) < 4.78 is 7.10. The Morgan fingerprint density at radius 2 is 2.17 bits per heavy atom. The predicted octanol–water partition coefficient (Wildman–Crippen LogP) is 3.98. The van der Waals surface area contributed by atoms with Gasteiger partial charge in [-0.2, -0.15) is 0 Å². The molecule has 2 aromatic rings. The second-order valence-corrected chi connectivity index (χ2v) is 5.29. The maximum absolute atomic E-state index is 5.72. The highest BCUT2D eigenvalue weighted by molar-refractivity contribution is 7.17. The van der Waals surface area contributed by atoms with Gasteiger partial charge in [0.1, 0.15) is 0 Å². The molecule has 1 heterocycles. The Bertz CT molecular complexity index is 480. The molecule has 0 radical (unpaired) electrons. The van der Waals surface area contributed by atoms with Crippen molar-refractivity contribution in [3.8, 4) is 0 Å². The minimum Gasteiger partial charge on any atom is -0.379 e. The zero-order valence-electron chi connectivity index (χ0n) is 11.1. The highest BCUT2D eigenvalue weighted by Crippen LogP contribution is 2.29. The molecule has 1 N–H and O–H groups in total. The summed E-state index contributed by atoms with van der Waals surface area (Å²) in [6.07, 6.45) is 1.07. The average molecular weight is 263 g/mol. The summed E-state index contributed by atoms with van der Waals surface area (Å²) in [5.41, 5.74) is 1.36. The van der Waals surface area contributed by atoms with E-state index in [-0.39, 0.29) is 0 Å². The van der Waals surface area contributed by atoms with E-state index < -0.39 is 0 Å². The summed E-state index contributed by atoms with van der Waals surface area (Å²) in [6, 6.07) is 8.99. The van der Waals surface area contributed by atoms with Crippen molar-refractivity contribution in [3.05, 3.63) is 35.2 Å². The van der Waals surface area contributed by atoms with Gasteiger partial charge in [0.05, 0.1) is 12.6 Å². The lowest BCUT2D eigenvalue weighted by molar-refractivity contribution is 0.113. The summed E-state index contributed by atoms with van der Waals surface area (Å²) in [5.74, 6) is 0. The lowest BCUT2D eigenvalue weighted by Crippen LogP contribution is -2.25. The molecule has 0 amide bonds. The molecule has 1 aromatic heterocycles. The number of nitrogens with one attached hydrogen (secondary N) is 1. The summed E-state index contributed by atoms with van der Waals surface area (Å²) in [4.78, 5) is 0. The topological polar surface area (TPSA) is 21.3 Å². The van der Waals surface area contributed by atoms with E-state index in [0.29, 0.717) is 6.04 Å². The Labute approximate surface area is 113 Å². The molecule has 0 aliphatic carbocycles. The Hall–Kier alpha value is -0.900. The van der Waals surface area contributed by atoms with Gasteiger partial charge >= 0.3 is 0 Å². The van der Waals surface area contributed by atoms with Gasteiger partial charge in [-0.15, -0.1) is 11.3 Å². The van der Waals surface area contributed by atoms with Crippen LogP contribution in [0.1, 0.15) is 31.9 Å². The van der Waals surface area contributed by atoms with Crippen molar-refractivity contribution in [1.29, 1.82) is 0 Å². The second kappa shape index (κ2) is 6.88. The van der Waals surface area contributed by atoms with Crippen LogP contribution < -0.4 is 5.32 Å². The Morgan fingerprint density at radius 3 is 2.94 bits per heavy atom. The minimum absolute atomic E-state index is 0.295. The van der Waals surface area contributed by atoms with E-state index in [1.165, 1.54) is 15.6 Å². The van der Waals surface area contributed by atoms with Crippen molar-refractivity contribution in [2.75, 3.05) is 19.8 Å². The van der Waals surface area contributed by atoms with Gasteiger partial charge in [-0.25, -0.2) is 0 Å². The highest BCUT2D eigenvalue weighted by Gasteiger charge is 2.14. The van der Waals surface area contributed by atoms with Crippen LogP contribution in [0.15, 0.2) is 29.6 Å². The average Bonchev–Trinajstić information content (AvgIpc) is 2.86. The molecule has 3 heteroatoms. The molecule has 2 rings (SSSR count). The predicted molar refractivity (Wildman–Crippen MR) is 79.4 cm³/mol. The number of hydrogen-bond donors (Lipinski definition) is 1. The van der Waals surface area contributed by atoms with Crippen molar-refractivity contribution in [3.63, 3.8) is 0 Å². The number of thiophene rings is 1. The van der Waals surface area contributed by atoms with E-state index in [9.17, 15) is 0 Å². The molecule has 0 aliphatic heterocycles. The van der Waals surface area contributed by atoms with Crippen LogP contribution in [0.3, 0.4) is 0 Å². The number of fused-ring (bicyclic) bond motifs is 1. The molecule has 0 saturated heterocycles. The van der Waals surface area contributed by atoms with Crippen LogP contribution in [-0.4, -0.2) is 19.8 Å². The van der Waals surface area contributed by atoms with E-state index in [0.717, 1.165) is 26.2 Å². The van der Waals surface area contributed by atoms with Crippen molar-refractivity contribution in [2.24, 2.45) is 0 Å². The van der Waals surface area contributed by atoms with Gasteiger partial charge in [-0.3, -0.25) is 0 Å². The fraction of sp³-hybridized carbons (Fsp3) is 0.467. The normalized spacial score (nSPS) is 13.0. The van der Waals surface area contributed by atoms with E-state index in [1.807, 2.05) is 11.3 Å². The third-order valence-electron chi connectivity index (χ3n) is 2.97. The molecule has 0 spiro atoms. The van der Waals surface area contributed by atoms with Crippen molar-refractivity contribution in [2.45, 2.75) is 26.3 Å². The van der Waals surface area contributed by atoms with Gasteiger partial charge in [-0.05, 0) is 35.4 Å². The monoisotopic (exact) mass is 263 g/mol. The van der Waals surface area contributed by atoms with Gasteiger partial charge in [0.25, 0.3) is 0 Å². The highest BCUT2D eigenvalue weighted by atomic mass is 32.1. The molecule has 0 saturated carbocycles. The van der Waals surface area contributed by atoms with E-state index in [1.54, 1.807) is 0 Å². The van der Waals surface area contributed by atoms with E-state index >= 15 is 0 Å². The molecular formula is C15H21NOS. The van der Waals surface area contributed by atoms with Crippen LogP contribution in [0.5, 0.6) is 0 Å². The van der Waals surface area contributed by atoms with Crippen molar-refractivity contribution < 1.29 is 4.74 Å². The van der Waals surface area contributed by atoms with Gasteiger partial charge < -0.3 is 10.1 Å². The van der Waals surface area contributed by atoms with Crippen molar-refractivity contribution in [1.82, 2.24) is 5.32 Å². The third-order valence-corrected chi connectivity index (χ3v) is 3.95. The van der Waals surface area contributed by atoms with Gasteiger partial charge in [-0.1, -0.05) is 32.0 Å². The molecule has 0 aliphatic rings. The lowest BCUT2D eigenvalue weighted by atomic mass is 10.1. The maximum atomic E-state index is 5.72. The standard InChI is InChI=1S/C15H21NOS/c1-3-9-17-11-14(16-4-2)13-7-5-6-12-8-10-18-15(12)13/h5-8,10,14,16H,3-4,9,11H2,1-2H3. The number of ether oxygens (including phenoxy) is 1. The first-order valence-electron chi connectivity index (χ1n) is 6.64. The van der Waals surface area contributed by atoms with Crippen LogP contribution in [0.2, 0.25) is 0 Å². The third kappa shape index (κ3) is 3.10. The summed E-state index contributed by atoms with van der Waals surface area (Å²) >= 11 is 1.81. The largest absolute Gasteiger partial charge is 0.379 e. The first-order valence-corrected chi connectivity index (χ1v) is 7.52. The number of hydrogen-bond acceptors (Lipinski definition) is 3. The zero-order valence-corrected chi connectivity index (χ0v) is 11.9. The first-order chi connectivity index (χ1) is 8.86. The fourth-order valence-electron chi connectivity index (χ4n) is 2.14. The molecule has 98 valence electrons. The SMILES string of the molecule is CCCOCC(NCC)c1cccc2ccsc12. The summed E-state index contributed by atoms with van der Waals surface area (Å²) in [7, 11) is 0. The van der Waals surface area contributed by atoms with Crippen LogP contribution >= 0.6 is 11.3 Å². The minimum atomic E-state index is 0.295. The summed E-state index contributed by atoms with van der Waals surface area (Å²) in [5, 5.41) is 7.01. The lowest BCUT2D eigenvalue weighted by Gasteiger charge is -2.19.